The minimum Gasteiger partial charge on any atom is -0.423 e. The van der Waals surface area contributed by atoms with Crippen molar-refractivity contribution < 1.29 is 4.74 Å². The minimum atomic E-state index is 0.362. The van der Waals surface area contributed by atoms with Gasteiger partial charge in [-0.1, -0.05) is 0 Å². The highest BCUT2D eigenvalue weighted by molar-refractivity contribution is 5.34. The van der Waals surface area contributed by atoms with Gasteiger partial charge in [0.25, 0.3) is 0 Å². The van der Waals surface area contributed by atoms with E-state index in [1.54, 1.807) is 11.0 Å². The lowest BCUT2D eigenvalue weighted by Gasteiger charge is -2.09. The van der Waals surface area contributed by atoms with Gasteiger partial charge < -0.3 is 10.1 Å². The number of ether oxygens (including phenoxy) is 1. The fraction of sp³-hybridized carbons (Fsp3) is 0.462. The number of aryl methyl sites for hydroxylation is 2. The van der Waals surface area contributed by atoms with Gasteiger partial charge in [-0.2, -0.15) is 4.98 Å². The maximum Gasteiger partial charge on any atom is 0.340 e. The molecule has 19 heavy (non-hydrogen) atoms. The molecule has 0 saturated heterocycles. The van der Waals surface area contributed by atoms with Gasteiger partial charge in [-0.05, 0) is 19.8 Å². The number of pyridine rings is 1. The lowest BCUT2D eigenvalue weighted by atomic mass is 10.2. The summed E-state index contributed by atoms with van der Waals surface area (Å²) in [4.78, 5) is 8.40. The topological polar surface area (TPSA) is 64.9 Å². The van der Waals surface area contributed by atoms with E-state index in [0.29, 0.717) is 12.1 Å². The summed E-state index contributed by atoms with van der Waals surface area (Å²) >= 11 is 0. The van der Waals surface area contributed by atoms with Crippen LogP contribution >= 0.6 is 0 Å². The number of hydrogen-bond donors (Lipinski definition) is 1. The van der Waals surface area contributed by atoms with Crippen molar-refractivity contribution in [1.82, 2.24) is 25.1 Å². The molecular formula is C13H17N5O. The Bertz CT molecular complexity index is 576. The zero-order valence-corrected chi connectivity index (χ0v) is 11.1. The molecule has 1 aliphatic rings. The summed E-state index contributed by atoms with van der Waals surface area (Å²) in [5.41, 5.74) is 1.95. The molecule has 6 nitrogen and oxygen atoms in total. The van der Waals surface area contributed by atoms with Crippen LogP contribution in [-0.4, -0.2) is 25.8 Å². The first-order valence-electron chi connectivity index (χ1n) is 6.43. The van der Waals surface area contributed by atoms with Crippen molar-refractivity contribution >= 4 is 0 Å². The van der Waals surface area contributed by atoms with Gasteiger partial charge in [0.15, 0.2) is 0 Å². The second-order valence-electron chi connectivity index (χ2n) is 4.89. The van der Waals surface area contributed by atoms with Crippen molar-refractivity contribution in [3.63, 3.8) is 0 Å². The second-order valence-corrected chi connectivity index (χ2v) is 4.89. The molecule has 1 N–H and O–H groups in total. The predicted molar refractivity (Wildman–Crippen MR) is 69.9 cm³/mol. The van der Waals surface area contributed by atoms with Gasteiger partial charge in [0, 0.05) is 43.2 Å². The normalized spacial score (nSPS) is 14.6. The molecular weight excluding hydrogens is 242 g/mol. The molecule has 2 aromatic heterocycles. The van der Waals surface area contributed by atoms with Crippen LogP contribution in [0.5, 0.6) is 11.8 Å². The monoisotopic (exact) mass is 259 g/mol. The summed E-state index contributed by atoms with van der Waals surface area (Å²) < 4.78 is 7.36. The molecule has 2 aromatic rings. The molecule has 1 fully saturated rings. The predicted octanol–water partition coefficient (Wildman–Crippen LogP) is 1.56. The van der Waals surface area contributed by atoms with E-state index in [9.17, 15) is 0 Å². The first kappa shape index (κ1) is 12.1. The van der Waals surface area contributed by atoms with Crippen LogP contribution < -0.4 is 10.1 Å². The van der Waals surface area contributed by atoms with Crippen LogP contribution in [0.15, 0.2) is 18.6 Å². The summed E-state index contributed by atoms with van der Waals surface area (Å²) in [7, 11) is 1.81. The molecule has 1 saturated carbocycles. The first-order chi connectivity index (χ1) is 9.20. The molecule has 0 aromatic carbocycles. The highest BCUT2D eigenvalue weighted by Gasteiger charge is 2.21. The Kier molecular flexibility index (Phi) is 3.16. The van der Waals surface area contributed by atoms with E-state index < -0.39 is 0 Å². The lowest BCUT2D eigenvalue weighted by molar-refractivity contribution is 0.430. The summed E-state index contributed by atoms with van der Waals surface area (Å²) in [6, 6.07) is 2.93. The number of hydrogen-bond acceptors (Lipinski definition) is 5. The minimum absolute atomic E-state index is 0.362. The molecule has 0 atom stereocenters. The highest BCUT2D eigenvalue weighted by Crippen LogP contribution is 2.25. The van der Waals surface area contributed by atoms with Crippen LogP contribution in [0.4, 0.5) is 0 Å². The largest absolute Gasteiger partial charge is 0.423 e. The number of nitrogens with one attached hydrogen (secondary N) is 1. The van der Waals surface area contributed by atoms with Crippen LogP contribution in [0.1, 0.15) is 24.1 Å². The summed E-state index contributed by atoms with van der Waals surface area (Å²) in [6.07, 6.45) is 5.99. The van der Waals surface area contributed by atoms with E-state index in [0.717, 1.165) is 23.6 Å². The number of rotatable bonds is 5. The maximum absolute atomic E-state index is 5.74. The zero-order valence-electron chi connectivity index (χ0n) is 11.1. The Labute approximate surface area is 111 Å². The zero-order chi connectivity index (χ0) is 13.2. The van der Waals surface area contributed by atoms with Crippen LogP contribution in [0.25, 0.3) is 0 Å². The van der Waals surface area contributed by atoms with Crippen molar-refractivity contribution in [3.8, 4) is 11.8 Å². The van der Waals surface area contributed by atoms with Gasteiger partial charge >= 0.3 is 6.01 Å². The maximum atomic E-state index is 5.74. The Hall–Kier alpha value is -1.95. The summed E-state index contributed by atoms with van der Waals surface area (Å²) in [5, 5.41) is 7.58. The van der Waals surface area contributed by atoms with Gasteiger partial charge in [0.05, 0.1) is 0 Å². The Morgan fingerprint density at radius 2 is 2.26 bits per heavy atom. The third-order valence-corrected chi connectivity index (χ3v) is 3.02. The molecule has 0 unspecified atom stereocenters. The van der Waals surface area contributed by atoms with E-state index in [-0.39, 0.29) is 0 Å². The van der Waals surface area contributed by atoms with Gasteiger partial charge in [-0.15, -0.1) is 5.10 Å². The molecule has 6 heteroatoms. The fourth-order valence-corrected chi connectivity index (χ4v) is 1.80. The molecule has 0 bridgehead atoms. The highest BCUT2D eigenvalue weighted by atomic mass is 16.5. The first-order valence-corrected chi connectivity index (χ1v) is 6.43. The van der Waals surface area contributed by atoms with Crippen LogP contribution in [0.3, 0.4) is 0 Å². The molecule has 0 aliphatic heterocycles. The van der Waals surface area contributed by atoms with Crippen molar-refractivity contribution in [1.29, 1.82) is 0 Å². The van der Waals surface area contributed by atoms with E-state index in [4.69, 9.17) is 4.74 Å². The summed E-state index contributed by atoms with van der Waals surface area (Å²) in [6.45, 7) is 2.71. The molecule has 3 rings (SSSR count). The molecule has 1 aliphatic carbocycles. The van der Waals surface area contributed by atoms with Gasteiger partial charge in [0.1, 0.15) is 12.1 Å². The van der Waals surface area contributed by atoms with Crippen LogP contribution in [0, 0.1) is 6.92 Å². The van der Waals surface area contributed by atoms with E-state index >= 15 is 0 Å². The van der Waals surface area contributed by atoms with Crippen LogP contribution in [-0.2, 0) is 13.6 Å². The molecule has 0 radical (unpaired) electrons. The van der Waals surface area contributed by atoms with E-state index in [1.165, 1.54) is 12.8 Å². The van der Waals surface area contributed by atoms with Gasteiger partial charge in [-0.25, -0.2) is 0 Å². The molecule has 2 heterocycles. The third-order valence-electron chi connectivity index (χ3n) is 3.02. The Morgan fingerprint density at radius 1 is 1.42 bits per heavy atom. The van der Waals surface area contributed by atoms with Gasteiger partial charge in [-0.3, -0.25) is 9.67 Å². The SMILES string of the molecule is Cc1cc(Oc2ncn(C)n2)c(CNC2CC2)cn1. The smallest absolute Gasteiger partial charge is 0.340 e. The fourth-order valence-electron chi connectivity index (χ4n) is 1.80. The summed E-state index contributed by atoms with van der Waals surface area (Å²) in [5.74, 6) is 0.770. The average Bonchev–Trinajstić information content (AvgIpc) is 3.12. The molecule has 0 amide bonds. The van der Waals surface area contributed by atoms with Gasteiger partial charge in [0.2, 0.25) is 0 Å². The standard InChI is InChI=1S/C13H17N5O/c1-9-5-12(19-13-16-8-18(2)17-13)10(6-14-9)7-15-11-3-4-11/h5-6,8,11,15H,3-4,7H2,1-2H3. The van der Waals surface area contributed by atoms with Crippen molar-refractivity contribution in [2.45, 2.75) is 32.4 Å². The molecule has 0 spiro atoms. The van der Waals surface area contributed by atoms with Crippen molar-refractivity contribution in [2.75, 3.05) is 0 Å². The van der Waals surface area contributed by atoms with Crippen LogP contribution in [0.2, 0.25) is 0 Å². The number of nitrogens with zero attached hydrogens (tertiary/aromatic N) is 4. The third kappa shape index (κ3) is 3.08. The quantitative estimate of drug-likeness (QED) is 0.882. The van der Waals surface area contributed by atoms with E-state index in [2.05, 4.69) is 20.4 Å². The Balaban J connectivity index is 1.78. The molecule has 100 valence electrons. The average molecular weight is 259 g/mol. The van der Waals surface area contributed by atoms with Crippen molar-refractivity contribution in [3.05, 3.63) is 29.8 Å². The lowest BCUT2D eigenvalue weighted by Crippen LogP contribution is -2.16. The number of aromatic nitrogens is 4. The van der Waals surface area contributed by atoms with E-state index in [1.807, 2.05) is 26.2 Å². The Morgan fingerprint density at radius 3 is 2.95 bits per heavy atom. The second kappa shape index (κ2) is 4.97. The van der Waals surface area contributed by atoms with Crippen molar-refractivity contribution in [2.24, 2.45) is 7.05 Å².